The van der Waals surface area contributed by atoms with Crippen molar-refractivity contribution in [3.63, 3.8) is 0 Å². The van der Waals surface area contributed by atoms with E-state index in [1.807, 2.05) is 66.7 Å². The van der Waals surface area contributed by atoms with E-state index in [9.17, 15) is 9.81 Å². The number of nitrogens with zero attached hydrogens (tertiary/aromatic N) is 6. The first-order chi connectivity index (χ1) is 16.8. The lowest BCUT2D eigenvalue weighted by Crippen LogP contribution is -2.48. The van der Waals surface area contributed by atoms with E-state index in [0.717, 1.165) is 49.8 Å². The highest BCUT2D eigenvalue weighted by atomic mass is 16.3. The fourth-order valence-electron chi connectivity index (χ4n) is 4.66. The van der Waals surface area contributed by atoms with Gasteiger partial charge in [0.1, 0.15) is 12.1 Å². The summed E-state index contributed by atoms with van der Waals surface area (Å²) >= 11 is 0. The van der Waals surface area contributed by atoms with Gasteiger partial charge in [-0.3, -0.25) is 4.90 Å². The van der Waals surface area contributed by atoms with Gasteiger partial charge in [-0.05, 0) is 30.0 Å². The maximum absolute atomic E-state index is 12.0. The average Bonchev–Trinajstić information content (AvgIpc) is 2.91. The molecule has 176 valence electrons. The second-order valence-electron chi connectivity index (χ2n) is 8.67. The molecule has 0 spiro atoms. The predicted octanol–water partition coefficient (Wildman–Crippen LogP) is 5.01. The Balaban J connectivity index is 1.45. The molecule has 8 nitrogen and oxygen atoms in total. The Morgan fingerprint density at radius 1 is 0.735 bits per heavy atom. The number of nitroso groups, excluding NO2 is 2. The fourth-order valence-corrected chi connectivity index (χ4v) is 4.66. The molecular weight excluding hydrogens is 428 g/mol. The number of hydrogen-bond donors (Lipinski definition) is 0. The molecule has 0 aliphatic carbocycles. The lowest BCUT2D eigenvalue weighted by molar-refractivity contribution is 0.192. The van der Waals surface area contributed by atoms with Gasteiger partial charge in [0.2, 0.25) is 5.95 Å². The van der Waals surface area contributed by atoms with Gasteiger partial charge < -0.3 is 4.90 Å². The van der Waals surface area contributed by atoms with Crippen LogP contribution in [0.15, 0.2) is 89.5 Å². The minimum absolute atomic E-state index is 0.0209. The molecule has 3 atom stereocenters. The normalized spacial score (nSPS) is 17.0. The highest BCUT2D eigenvalue weighted by Gasteiger charge is 2.29. The Bertz CT molecular complexity index is 1010. The molecule has 0 radical (unpaired) electrons. The van der Waals surface area contributed by atoms with E-state index < -0.39 is 12.1 Å². The third-order valence-electron chi connectivity index (χ3n) is 6.52. The minimum Gasteiger partial charge on any atom is -0.338 e. The van der Waals surface area contributed by atoms with E-state index in [-0.39, 0.29) is 5.92 Å². The molecule has 4 rings (SSSR count). The highest BCUT2D eigenvalue weighted by molar-refractivity contribution is 5.29. The molecule has 0 N–H and O–H groups in total. The maximum atomic E-state index is 12.0. The van der Waals surface area contributed by atoms with Gasteiger partial charge in [0.25, 0.3) is 0 Å². The summed E-state index contributed by atoms with van der Waals surface area (Å²) < 4.78 is 0. The summed E-state index contributed by atoms with van der Waals surface area (Å²) in [5.41, 5.74) is 1.82. The van der Waals surface area contributed by atoms with Crippen LogP contribution in [0.1, 0.15) is 36.1 Å². The van der Waals surface area contributed by atoms with Gasteiger partial charge in [0.05, 0.1) is 0 Å². The van der Waals surface area contributed by atoms with E-state index in [1.54, 1.807) is 12.4 Å². The third kappa shape index (κ3) is 6.08. The van der Waals surface area contributed by atoms with Crippen molar-refractivity contribution in [1.82, 2.24) is 14.9 Å². The number of benzene rings is 2. The van der Waals surface area contributed by atoms with Gasteiger partial charge in [0, 0.05) is 51.0 Å². The Labute approximate surface area is 200 Å². The van der Waals surface area contributed by atoms with Crippen LogP contribution in [-0.2, 0) is 0 Å². The minimum atomic E-state index is -0.472. The molecule has 3 unspecified atom stereocenters. The molecule has 1 aliphatic heterocycles. The van der Waals surface area contributed by atoms with Crippen molar-refractivity contribution in [1.29, 1.82) is 0 Å². The number of rotatable bonds is 11. The van der Waals surface area contributed by atoms with Gasteiger partial charge >= 0.3 is 0 Å². The van der Waals surface area contributed by atoms with E-state index in [4.69, 9.17) is 0 Å². The van der Waals surface area contributed by atoms with Crippen molar-refractivity contribution in [3.8, 4) is 0 Å². The van der Waals surface area contributed by atoms with Crippen LogP contribution in [0, 0.1) is 15.7 Å². The molecule has 1 fully saturated rings. The molecule has 34 heavy (non-hydrogen) atoms. The van der Waals surface area contributed by atoms with E-state index in [0.29, 0.717) is 12.8 Å². The second kappa shape index (κ2) is 12.1. The summed E-state index contributed by atoms with van der Waals surface area (Å²) in [5, 5.41) is 6.93. The average molecular weight is 459 g/mol. The lowest BCUT2D eigenvalue weighted by Gasteiger charge is -2.37. The van der Waals surface area contributed by atoms with Crippen LogP contribution >= 0.6 is 0 Å². The standard InChI is InChI=1S/C26H30N6O2/c33-29-24(21-8-3-1-4-9-21)13-12-23(25(30-34)22-10-5-2-6-11-22)20-31-16-18-32(19-17-31)26-27-14-7-15-28-26/h1-11,14-15,23-25H,12-13,16-20H2. The summed E-state index contributed by atoms with van der Waals surface area (Å²) in [7, 11) is 0. The zero-order valence-corrected chi connectivity index (χ0v) is 19.2. The zero-order chi connectivity index (χ0) is 23.6. The molecule has 3 aromatic rings. The number of piperazine rings is 1. The van der Waals surface area contributed by atoms with Crippen LogP contribution < -0.4 is 4.90 Å². The maximum Gasteiger partial charge on any atom is 0.225 e. The molecule has 0 amide bonds. The van der Waals surface area contributed by atoms with Crippen LogP contribution in [0.5, 0.6) is 0 Å². The van der Waals surface area contributed by atoms with Crippen molar-refractivity contribution in [2.24, 2.45) is 16.3 Å². The largest absolute Gasteiger partial charge is 0.338 e. The van der Waals surface area contributed by atoms with E-state index in [1.165, 1.54) is 0 Å². The Kier molecular flexibility index (Phi) is 8.40. The van der Waals surface area contributed by atoms with Gasteiger partial charge in [-0.1, -0.05) is 71.0 Å². The van der Waals surface area contributed by atoms with E-state index in [2.05, 4.69) is 30.1 Å². The van der Waals surface area contributed by atoms with Crippen LogP contribution in [0.3, 0.4) is 0 Å². The molecule has 1 aliphatic rings. The SMILES string of the molecule is O=NC(CCC(CN1CCN(c2ncccn2)CC1)C(N=O)c1ccccc1)c1ccccc1. The quantitative estimate of drug-likeness (QED) is 0.375. The van der Waals surface area contributed by atoms with Gasteiger partial charge in [0.15, 0.2) is 0 Å². The molecule has 8 heteroatoms. The van der Waals surface area contributed by atoms with Crippen LogP contribution in [0.25, 0.3) is 0 Å². The smallest absolute Gasteiger partial charge is 0.225 e. The van der Waals surface area contributed by atoms with Crippen molar-refractivity contribution in [2.75, 3.05) is 37.6 Å². The lowest BCUT2D eigenvalue weighted by atomic mass is 9.87. The summed E-state index contributed by atoms with van der Waals surface area (Å²) in [4.78, 5) is 36.9. The number of hydrogen-bond acceptors (Lipinski definition) is 8. The first-order valence-electron chi connectivity index (χ1n) is 11.8. The Morgan fingerprint density at radius 3 is 1.94 bits per heavy atom. The topological polar surface area (TPSA) is 91.1 Å². The van der Waals surface area contributed by atoms with Gasteiger partial charge in [-0.15, -0.1) is 0 Å². The Morgan fingerprint density at radius 2 is 1.35 bits per heavy atom. The summed E-state index contributed by atoms with van der Waals surface area (Å²) in [6.07, 6.45) is 4.78. The van der Waals surface area contributed by atoms with Crippen LogP contribution in [-0.4, -0.2) is 47.6 Å². The first-order valence-corrected chi connectivity index (χ1v) is 11.8. The van der Waals surface area contributed by atoms with Crippen LogP contribution in [0.2, 0.25) is 0 Å². The monoisotopic (exact) mass is 458 g/mol. The molecule has 0 bridgehead atoms. The molecule has 0 saturated carbocycles. The summed E-state index contributed by atoms with van der Waals surface area (Å²) in [6, 6.07) is 20.2. The molecule has 1 saturated heterocycles. The Hall–Kier alpha value is -3.52. The van der Waals surface area contributed by atoms with E-state index >= 15 is 0 Å². The van der Waals surface area contributed by atoms with Crippen molar-refractivity contribution >= 4 is 5.95 Å². The number of aromatic nitrogens is 2. The van der Waals surface area contributed by atoms with Crippen molar-refractivity contribution in [3.05, 3.63) is 100 Å². The molecule has 1 aromatic heterocycles. The predicted molar refractivity (Wildman–Crippen MR) is 133 cm³/mol. The summed E-state index contributed by atoms with van der Waals surface area (Å²) in [6.45, 7) is 4.08. The molecule has 2 aromatic carbocycles. The first kappa shape index (κ1) is 23.6. The van der Waals surface area contributed by atoms with Gasteiger partial charge in [-0.2, -0.15) is 9.81 Å². The highest BCUT2D eigenvalue weighted by Crippen LogP contribution is 2.34. The molecule has 2 heterocycles. The van der Waals surface area contributed by atoms with Crippen LogP contribution in [0.4, 0.5) is 5.95 Å². The zero-order valence-electron chi connectivity index (χ0n) is 19.2. The second-order valence-corrected chi connectivity index (χ2v) is 8.67. The third-order valence-corrected chi connectivity index (χ3v) is 6.52. The van der Waals surface area contributed by atoms with Crippen molar-refractivity contribution < 1.29 is 0 Å². The molecular formula is C26H30N6O2. The number of anilines is 1. The van der Waals surface area contributed by atoms with Gasteiger partial charge in [-0.25, -0.2) is 9.97 Å². The fraction of sp³-hybridized carbons (Fsp3) is 0.385. The summed E-state index contributed by atoms with van der Waals surface area (Å²) in [5.74, 6) is 0.727. The van der Waals surface area contributed by atoms with Crippen molar-refractivity contribution in [2.45, 2.75) is 24.9 Å².